The Bertz CT molecular complexity index is 352. The Morgan fingerprint density at radius 2 is 2.06 bits per heavy atom. The van der Waals surface area contributed by atoms with E-state index in [1.807, 2.05) is 6.92 Å². The van der Waals surface area contributed by atoms with E-state index in [0.717, 1.165) is 6.54 Å². The van der Waals surface area contributed by atoms with E-state index < -0.39 is 0 Å². The lowest BCUT2D eigenvalue weighted by Gasteiger charge is -2.09. The number of aromatic nitrogens is 2. The van der Waals surface area contributed by atoms with Gasteiger partial charge in [0.1, 0.15) is 11.6 Å². The highest BCUT2D eigenvalue weighted by Crippen LogP contribution is 2.21. The second-order valence-corrected chi connectivity index (χ2v) is 3.74. The molecule has 1 aromatic heterocycles. The van der Waals surface area contributed by atoms with Crippen LogP contribution >= 0.6 is 11.6 Å². The van der Waals surface area contributed by atoms with Gasteiger partial charge in [0, 0.05) is 13.7 Å². The van der Waals surface area contributed by atoms with Gasteiger partial charge in [-0.25, -0.2) is 4.98 Å². The molecule has 6 nitrogen and oxygen atoms in total. The van der Waals surface area contributed by atoms with Crippen LogP contribution in [0.5, 0.6) is 5.88 Å². The third-order valence-corrected chi connectivity index (χ3v) is 2.20. The lowest BCUT2D eigenvalue weighted by atomic mass is 10.6. The van der Waals surface area contributed by atoms with Gasteiger partial charge in [0.15, 0.2) is 0 Å². The Hall–Kier alpha value is -1.11. The second kappa shape index (κ2) is 8.91. The van der Waals surface area contributed by atoms with Crippen molar-refractivity contribution in [3.8, 4) is 5.88 Å². The van der Waals surface area contributed by atoms with Crippen LogP contribution in [-0.2, 0) is 9.47 Å². The molecule has 1 N–H and O–H groups in total. The van der Waals surface area contributed by atoms with E-state index >= 15 is 0 Å². The summed E-state index contributed by atoms with van der Waals surface area (Å²) in [5.74, 6) is 0.857. The third kappa shape index (κ3) is 5.48. The van der Waals surface area contributed by atoms with Gasteiger partial charge in [-0.1, -0.05) is 11.6 Å². The summed E-state index contributed by atoms with van der Waals surface area (Å²) in [6.07, 6.45) is 1.51. The molecular weight excluding hydrogens is 258 g/mol. The normalized spacial score (nSPS) is 10.4. The standard InChI is InChI=1S/C11H18ClN3O3/c1-3-13-11-14-8-9(12)10(15-11)18-7-6-17-5-4-16-2/h8H,3-7H2,1-2H3,(H,13,14,15). The predicted molar refractivity (Wildman–Crippen MR) is 69.4 cm³/mol. The SMILES string of the molecule is CCNc1ncc(Cl)c(OCCOCCOC)n1. The molecule has 0 aliphatic rings. The zero-order valence-electron chi connectivity index (χ0n) is 10.6. The molecule has 0 fully saturated rings. The Balaban J connectivity index is 2.34. The molecule has 7 heteroatoms. The Morgan fingerprint density at radius 3 is 2.78 bits per heavy atom. The molecule has 0 saturated carbocycles. The van der Waals surface area contributed by atoms with Crippen molar-refractivity contribution < 1.29 is 14.2 Å². The van der Waals surface area contributed by atoms with E-state index in [-0.39, 0.29) is 0 Å². The van der Waals surface area contributed by atoms with Crippen molar-refractivity contribution in [1.82, 2.24) is 9.97 Å². The summed E-state index contributed by atoms with van der Waals surface area (Å²) >= 11 is 5.92. The number of hydrogen-bond donors (Lipinski definition) is 1. The highest BCUT2D eigenvalue weighted by Gasteiger charge is 2.06. The number of anilines is 1. The molecule has 18 heavy (non-hydrogen) atoms. The molecule has 0 amide bonds. The molecule has 1 heterocycles. The van der Waals surface area contributed by atoms with Gasteiger partial charge >= 0.3 is 0 Å². The summed E-state index contributed by atoms with van der Waals surface area (Å²) in [7, 11) is 1.63. The summed E-state index contributed by atoms with van der Waals surface area (Å²) in [4.78, 5) is 8.15. The minimum absolute atomic E-state index is 0.359. The minimum atomic E-state index is 0.359. The first-order valence-electron chi connectivity index (χ1n) is 5.73. The van der Waals surface area contributed by atoms with Crippen molar-refractivity contribution >= 4 is 17.5 Å². The van der Waals surface area contributed by atoms with Gasteiger partial charge in [-0.05, 0) is 6.92 Å². The summed E-state index contributed by atoms with van der Waals surface area (Å²) in [5, 5.41) is 3.37. The highest BCUT2D eigenvalue weighted by atomic mass is 35.5. The zero-order chi connectivity index (χ0) is 13.2. The second-order valence-electron chi connectivity index (χ2n) is 3.33. The monoisotopic (exact) mass is 275 g/mol. The van der Waals surface area contributed by atoms with Gasteiger partial charge in [0.2, 0.25) is 11.8 Å². The first-order chi connectivity index (χ1) is 8.77. The van der Waals surface area contributed by atoms with Crippen molar-refractivity contribution in [3.63, 3.8) is 0 Å². The molecule has 0 atom stereocenters. The highest BCUT2D eigenvalue weighted by molar-refractivity contribution is 6.31. The van der Waals surface area contributed by atoms with E-state index in [1.54, 1.807) is 7.11 Å². The maximum atomic E-state index is 5.92. The fourth-order valence-electron chi connectivity index (χ4n) is 1.14. The molecule has 1 aromatic rings. The molecule has 0 unspecified atom stereocenters. The lowest BCUT2D eigenvalue weighted by molar-refractivity contribution is 0.0537. The van der Waals surface area contributed by atoms with Crippen LogP contribution in [-0.4, -0.2) is 50.1 Å². The summed E-state index contributed by atoms with van der Waals surface area (Å²) < 4.78 is 15.5. The van der Waals surface area contributed by atoms with Crippen molar-refractivity contribution in [2.75, 3.05) is 45.4 Å². The van der Waals surface area contributed by atoms with Crippen LogP contribution in [0.3, 0.4) is 0 Å². The van der Waals surface area contributed by atoms with Gasteiger partial charge in [0.25, 0.3) is 0 Å². The maximum absolute atomic E-state index is 5.92. The number of nitrogens with zero attached hydrogens (tertiary/aromatic N) is 2. The molecular formula is C11H18ClN3O3. The summed E-state index contributed by atoms with van der Waals surface area (Å²) in [6.45, 7) is 4.65. The van der Waals surface area contributed by atoms with Crippen LogP contribution in [0.1, 0.15) is 6.92 Å². The largest absolute Gasteiger partial charge is 0.474 e. The van der Waals surface area contributed by atoms with Crippen molar-refractivity contribution in [2.45, 2.75) is 6.92 Å². The number of hydrogen-bond acceptors (Lipinski definition) is 6. The Labute approximate surface area is 112 Å². The zero-order valence-corrected chi connectivity index (χ0v) is 11.4. The molecule has 0 spiro atoms. The van der Waals surface area contributed by atoms with Gasteiger partial charge in [0.05, 0.1) is 26.0 Å². The average Bonchev–Trinajstić information content (AvgIpc) is 2.37. The molecule has 0 bridgehead atoms. The number of nitrogens with one attached hydrogen (secondary N) is 1. The average molecular weight is 276 g/mol. The fraction of sp³-hybridized carbons (Fsp3) is 0.636. The van der Waals surface area contributed by atoms with Crippen molar-refractivity contribution in [3.05, 3.63) is 11.2 Å². The van der Waals surface area contributed by atoms with E-state index in [4.69, 9.17) is 25.8 Å². The lowest BCUT2D eigenvalue weighted by Crippen LogP contribution is -2.11. The number of ether oxygens (including phenoxy) is 3. The molecule has 0 radical (unpaired) electrons. The fourth-order valence-corrected chi connectivity index (χ4v) is 1.28. The van der Waals surface area contributed by atoms with E-state index in [9.17, 15) is 0 Å². The molecule has 0 aromatic carbocycles. The molecule has 0 aliphatic carbocycles. The third-order valence-electron chi connectivity index (χ3n) is 1.95. The smallest absolute Gasteiger partial charge is 0.237 e. The van der Waals surface area contributed by atoms with Gasteiger partial charge < -0.3 is 19.5 Å². The van der Waals surface area contributed by atoms with E-state index in [0.29, 0.717) is 43.3 Å². The van der Waals surface area contributed by atoms with Crippen LogP contribution < -0.4 is 10.1 Å². The predicted octanol–water partition coefficient (Wildman–Crippen LogP) is 1.60. The van der Waals surface area contributed by atoms with Gasteiger partial charge in [-0.3, -0.25) is 0 Å². The topological polar surface area (TPSA) is 65.5 Å². The minimum Gasteiger partial charge on any atom is -0.474 e. The quantitative estimate of drug-likeness (QED) is 0.691. The van der Waals surface area contributed by atoms with Crippen LogP contribution in [0.15, 0.2) is 6.20 Å². The van der Waals surface area contributed by atoms with Gasteiger partial charge in [-0.2, -0.15) is 4.98 Å². The van der Waals surface area contributed by atoms with Crippen LogP contribution in [0.4, 0.5) is 5.95 Å². The number of methoxy groups -OCH3 is 1. The maximum Gasteiger partial charge on any atom is 0.237 e. The Kier molecular flexibility index (Phi) is 7.40. The van der Waals surface area contributed by atoms with Crippen LogP contribution in [0.2, 0.25) is 5.02 Å². The van der Waals surface area contributed by atoms with Crippen LogP contribution in [0.25, 0.3) is 0 Å². The van der Waals surface area contributed by atoms with Crippen LogP contribution in [0, 0.1) is 0 Å². The molecule has 102 valence electrons. The first-order valence-corrected chi connectivity index (χ1v) is 6.11. The molecule has 1 rings (SSSR count). The van der Waals surface area contributed by atoms with E-state index in [1.165, 1.54) is 6.20 Å². The summed E-state index contributed by atoms with van der Waals surface area (Å²) in [6, 6.07) is 0. The number of rotatable bonds is 9. The Morgan fingerprint density at radius 1 is 1.28 bits per heavy atom. The van der Waals surface area contributed by atoms with Crippen molar-refractivity contribution in [1.29, 1.82) is 0 Å². The molecule has 0 aliphatic heterocycles. The molecule has 0 saturated heterocycles. The first kappa shape index (κ1) is 14.9. The number of halogens is 1. The van der Waals surface area contributed by atoms with Gasteiger partial charge in [-0.15, -0.1) is 0 Å². The van der Waals surface area contributed by atoms with E-state index in [2.05, 4.69) is 15.3 Å². The summed E-state index contributed by atoms with van der Waals surface area (Å²) in [5.41, 5.74) is 0. The van der Waals surface area contributed by atoms with Crippen molar-refractivity contribution in [2.24, 2.45) is 0 Å².